The van der Waals surface area contributed by atoms with Gasteiger partial charge in [0.05, 0.1) is 15.5 Å². The SMILES string of the molecule is CCN(Cc1cccc(Cl)c1)S(=O)(=O)c1ccc(Cl)c(C#N)c1. The summed E-state index contributed by atoms with van der Waals surface area (Å²) >= 11 is 11.8. The molecular weight excluding hydrogens is 355 g/mol. The van der Waals surface area contributed by atoms with Crippen LogP contribution in [-0.2, 0) is 16.6 Å². The van der Waals surface area contributed by atoms with Gasteiger partial charge in [0.2, 0.25) is 10.0 Å². The number of hydrogen-bond acceptors (Lipinski definition) is 3. The topological polar surface area (TPSA) is 61.2 Å². The Morgan fingerprint density at radius 2 is 1.91 bits per heavy atom. The average molecular weight is 369 g/mol. The molecule has 0 radical (unpaired) electrons. The van der Waals surface area contributed by atoms with Gasteiger partial charge in [0, 0.05) is 18.1 Å². The van der Waals surface area contributed by atoms with Crippen LogP contribution in [0.15, 0.2) is 47.4 Å². The minimum absolute atomic E-state index is 0.0438. The molecule has 2 aromatic carbocycles. The third kappa shape index (κ3) is 4.04. The first-order valence-corrected chi connectivity index (χ1v) is 9.02. The number of halogens is 2. The molecular formula is C16H14Cl2N2O2S. The molecule has 0 unspecified atom stereocenters. The predicted molar refractivity (Wildman–Crippen MR) is 90.9 cm³/mol. The van der Waals surface area contributed by atoms with E-state index < -0.39 is 10.0 Å². The molecule has 7 heteroatoms. The molecule has 0 saturated carbocycles. The molecule has 0 aromatic heterocycles. The molecule has 0 bridgehead atoms. The normalized spacial score (nSPS) is 11.4. The van der Waals surface area contributed by atoms with Gasteiger partial charge >= 0.3 is 0 Å². The van der Waals surface area contributed by atoms with Crippen LogP contribution in [0.4, 0.5) is 0 Å². The Kier molecular flexibility index (Phi) is 5.66. The molecule has 0 aliphatic rings. The average Bonchev–Trinajstić information content (AvgIpc) is 2.52. The van der Waals surface area contributed by atoms with Crippen LogP contribution in [-0.4, -0.2) is 19.3 Å². The highest BCUT2D eigenvalue weighted by Crippen LogP contribution is 2.24. The Hall–Kier alpha value is -1.58. The zero-order valence-electron chi connectivity index (χ0n) is 12.3. The van der Waals surface area contributed by atoms with Gasteiger partial charge in [-0.1, -0.05) is 42.3 Å². The van der Waals surface area contributed by atoms with Crippen LogP contribution >= 0.6 is 23.2 Å². The Bertz CT molecular complexity index is 861. The van der Waals surface area contributed by atoms with Crippen LogP contribution in [0.2, 0.25) is 10.0 Å². The van der Waals surface area contributed by atoms with E-state index in [1.54, 1.807) is 25.1 Å². The van der Waals surface area contributed by atoms with Crippen LogP contribution in [0.3, 0.4) is 0 Å². The number of hydrogen-bond donors (Lipinski definition) is 0. The van der Waals surface area contributed by atoms with Crippen molar-refractivity contribution < 1.29 is 8.42 Å². The number of nitrogens with zero attached hydrogens (tertiary/aromatic N) is 2. The molecule has 2 aromatic rings. The van der Waals surface area contributed by atoms with Crippen molar-refractivity contribution in [3.8, 4) is 6.07 Å². The molecule has 0 N–H and O–H groups in total. The third-order valence-corrected chi connectivity index (χ3v) is 5.78. The summed E-state index contributed by atoms with van der Waals surface area (Å²) in [5, 5.41) is 9.79. The van der Waals surface area contributed by atoms with E-state index in [4.69, 9.17) is 28.5 Å². The van der Waals surface area contributed by atoms with Gasteiger partial charge in [-0.25, -0.2) is 8.42 Å². The van der Waals surface area contributed by atoms with Gasteiger partial charge in [-0.05, 0) is 35.9 Å². The molecule has 0 atom stereocenters. The summed E-state index contributed by atoms with van der Waals surface area (Å²) in [5.41, 5.74) is 0.920. The van der Waals surface area contributed by atoms with Crippen LogP contribution in [0, 0.1) is 11.3 Å². The fraction of sp³-hybridized carbons (Fsp3) is 0.188. The van der Waals surface area contributed by atoms with Crippen molar-refractivity contribution in [2.75, 3.05) is 6.54 Å². The Balaban J connectivity index is 2.38. The summed E-state index contributed by atoms with van der Waals surface area (Å²) in [7, 11) is -3.73. The highest BCUT2D eigenvalue weighted by atomic mass is 35.5. The summed E-state index contributed by atoms with van der Waals surface area (Å²) in [4.78, 5) is 0.0438. The van der Waals surface area contributed by atoms with Gasteiger partial charge in [-0.15, -0.1) is 0 Å². The van der Waals surface area contributed by atoms with Gasteiger partial charge in [0.1, 0.15) is 6.07 Å². The first kappa shape index (κ1) is 17.8. The van der Waals surface area contributed by atoms with Gasteiger partial charge < -0.3 is 0 Å². The van der Waals surface area contributed by atoms with E-state index in [0.29, 0.717) is 11.6 Å². The van der Waals surface area contributed by atoms with Gasteiger partial charge in [0.15, 0.2) is 0 Å². The van der Waals surface area contributed by atoms with Gasteiger partial charge in [-0.3, -0.25) is 0 Å². The quantitative estimate of drug-likeness (QED) is 0.798. The number of nitriles is 1. The fourth-order valence-electron chi connectivity index (χ4n) is 2.11. The number of rotatable bonds is 5. The summed E-state index contributed by atoms with van der Waals surface area (Å²) in [6.45, 7) is 2.24. The second-order valence-corrected chi connectivity index (χ2v) is 7.60. The van der Waals surface area contributed by atoms with Crippen molar-refractivity contribution >= 4 is 33.2 Å². The maximum absolute atomic E-state index is 12.8. The standard InChI is InChI=1S/C16H14Cl2N2O2S/c1-2-20(11-12-4-3-5-14(17)8-12)23(21,22)15-6-7-16(18)13(9-15)10-19/h3-9H,2,11H2,1H3. The molecule has 23 heavy (non-hydrogen) atoms. The monoisotopic (exact) mass is 368 g/mol. The van der Waals surface area contributed by atoms with Crippen molar-refractivity contribution in [1.29, 1.82) is 5.26 Å². The van der Waals surface area contributed by atoms with Crippen molar-refractivity contribution in [3.05, 3.63) is 63.6 Å². The van der Waals surface area contributed by atoms with Crippen molar-refractivity contribution in [2.24, 2.45) is 0 Å². The Labute approximate surface area is 145 Å². The highest BCUT2D eigenvalue weighted by molar-refractivity contribution is 7.89. The maximum atomic E-state index is 12.8. The number of sulfonamides is 1. The molecule has 0 aliphatic carbocycles. The highest BCUT2D eigenvalue weighted by Gasteiger charge is 2.24. The molecule has 0 aliphatic heterocycles. The molecule has 0 saturated heterocycles. The Morgan fingerprint density at radius 1 is 1.17 bits per heavy atom. The Morgan fingerprint density at radius 3 is 2.52 bits per heavy atom. The molecule has 2 rings (SSSR count). The molecule has 0 fully saturated rings. The summed E-state index contributed by atoms with van der Waals surface area (Å²) in [5.74, 6) is 0. The van der Waals surface area contributed by atoms with E-state index >= 15 is 0 Å². The van der Waals surface area contributed by atoms with E-state index in [2.05, 4.69) is 0 Å². The third-order valence-electron chi connectivity index (χ3n) is 3.30. The smallest absolute Gasteiger partial charge is 0.207 e. The molecule has 0 heterocycles. The van der Waals surface area contributed by atoms with E-state index in [-0.39, 0.29) is 22.0 Å². The minimum atomic E-state index is -3.73. The summed E-state index contributed by atoms with van der Waals surface area (Å²) in [6.07, 6.45) is 0. The lowest BCUT2D eigenvalue weighted by atomic mass is 10.2. The first-order valence-electron chi connectivity index (χ1n) is 6.82. The zero-order chi connectivity index (χ0) is 17.0. The van der Waals surface area contributed by atoms with Crippen molar-refractivity contribution in [3.63, 3.8) is 0 Å². The largest absolute Gasteiger partial charge is 0.243 e. The van der Waals surface area contributed by atoms with Crippen molar-refractivity contribution in [1.82, 2.24) is 4.31 Å². The molecule has 4 nitrogen and oxygen atoms in total. The predicted octanol–water partition coefficient (Wildman–Crippen LogP) is 4.08. The lowest BCUT2D eigenvalue weighted by Gasteiger charge is -2.21. The van der Waals surface area contributed by atoms with E-state index in [9.17, 15) is 8.42 Å². The molecule has 0 spiro atoms. The van der Waals surface area contributed by atoms with Crippen LogP contribution < -0.4 is 0 Å². The summed E-state index contributed by atoms with van der Waals surface area (Å²) < 4.78 is 26.9. The lowest BCUT2D eigenvalue weighted by molar-refractivity contribution is 0.423. The van der Waals surface area contributed by atoms with Crippen LogP contribution in [0.25, 0.3) is 0 Å². The molecule has 120 valence electrons. The van der Waals surface area contributed by atoms with Crippen LogP contribution in [0.5, 0.6) is 0 Å². The lowest BCUT2D eigenvalue weighted by Crippen LogP contribution is -2.30. The first-order chi connectivity index (χ1) is 10.9. The van der Waals surface area contributed by atoms with E-state index in [0.717, 1.165) is 5.56 Å². The fourth-order valence-corrected chi connectivity index (χ4v) is 3.94. The molecule has 0 amide bonds. The summed E-state index contributed by atoms with van der Waals surface area (Å²) in [6, 6.07) is 13.0. The zero-order valence-corrected chi connectivity index (χ0v) is 14.7. The second-order valence-electron chi connectivity index (χ2n) is 4.81. The van der Waals surface area contributed by atoms with Gasteiger partial charge in [0.25, 0.3) is 0 Å². The number of benzene rings is 2. The van der Waals surface area contributed by atoms with E-state index in [1.807, 2.05) is 12.1 Å². The maximum Gasteiger partial charge on any atom is 0.243 e. The van der Waals surface area contributed by atoms with E-state index in [1.165, 1.54) is 22.5 Å². The van der Waals surface area contributed by atoms with Gasteiger partial charge in [-0.2, -0.15) is 9.57 Å². The van der Waals surface area contributed by atoms with Crippen molar-refractivity contribution in [2.45, 2.75) is 18.4 Å². The van der Waals surface area contributed by atoms with Crippen LogP contribution in [0.1, 0.15) is 18.1 Å². The minimum Gasteiger partial charge on any atom is -0.207 e. The second kappa shape index (κ2) is 7.33.